The first kappa shape index (κ1) is 13.6. The summed E-state index contributed by atoms with van der Waals surface area (Å²) in [4.78, 5) is 15.2. The molecule has 0 radical (unpaired) electrons. The van der Waals surface area contributed by atoms with Gasteiger partial charge in [0.2, 0.25) is 0 Å². The first-order valence-corrected chi connectivity index (χ1v) is 5.35. The molecule has 94 valence electrons. The molecule has 0 fully saturated rings. The summed E-state index contributed by atoms with van der Waals surface area (Å²) in [5.41, 5.74) is -0.429. The molecule has 5 nitrogen and oxygen atoms in total. The summed E-state index contributed by atoms with van der Waals surface area (Å²) in [5, 5.41) is 9.04. The Morgan fingerprint density at radius 3 is 2.82 bits per heavy atom. The highest BCUT2D eigenvalue weighted by Gasteiger charge is 2.34. The third-order valence-corrected chi connectivity index (χ3v) is 2.38. The lowest BCUT2D eigenvalue weighted by Crippen LogP contribution is -2.43. The van der Waals surface area contributed by atoms with E-state index in [0.29, 0.717) is 13.0 Å². The molecule has 0 aromatic carbocycles. The van der Waals surface area contributed by atoms with Crippen LogP contribution in [0.3, 0.4) is 0 Å². The van der Waals surface area contributed by atoms with Crippen LogP contribution in [0.25, 0.3) is 0 Å². The van der Waals surface area contributed by atoms with Gasteiger partial charge in [-0.25, -0.2) is 4.79 Å². The minimum atomic E-state index is -1.30. The number of ether oxygens (including phenoxy) is 2. The Balaban J connectivity index is 2.45. The molecule has 1 aromatic rings. The molecule has 1 heterocycles. The van der Waals surface area contributed by atoms with E-state index in [9.17, 15) is 4.79 Å². The van der Waals surface area contributed by atoms with Crippen molar-refractivity contribution in [1.29, 1.82) is 0 Å². The maximum Gasteiger partial charge on any atom is 0.338 e. The van der Waals surface area contributed by atoms with Crippen LogP contribution < -0.4 is 0 Å². The van der Waals surface area contributed by atoms with Gasteiger partial charge in [0.25, 0.3) is 0 Å². The van der Waals surface area contributed by atoms with E-state index in [1.54, 1.807) is 6.20 Å². The summed E-state index contributed by atoms with van der Waals surface area (Å²) >= 11 is 0. The molecule has 5 heteroatoms. The Morgan fingerprint density at radius 1 is 1.53 bits per heavy atom. The lowest BCUT2D eigenvalue weighted by molar-refractivity contribution is -0.170. The van der Waals surface area contributed by atoms with Crippen molar-refractivity contribution in [3.63, 3.8) is 0 Å². The van der Waals surface area contributed by atoms with Gasteiger partial charge in [0, 0.05) is 25.4 Å². The summed E-state index contributed by atoms with van der Waals surface area (Å²) in [6, 6.07) is 5.59. The number of carboxylic acid groups (broad SMARTS) is 1. The highest BCUT2D eigenvalue weighted by molar-refractivity contribution is 5.77. The highest BCUT2D eigenvalue weighted by atomic mass is 16.6. The van der Waals surface area contributed by atoms with Crippen molar-refractivity contribution in [2.75, 3.05) is 20.3 Å². The van der Waals surface area contributed by atoms with Crippen molar-refractivity contribution in [3.05, 3.63) is 30.1 Å². The zero-order valence-corrected chi connectivity index (χ0v) is 10.0. The van der Waals surface area contributed by atoms with Crippen molar-refractivity contribution in [2.24, 2.45) is 0 Å². The van der Waals surface area contributed by atoms with E-state index >= 15 is 0 Å². The van der Waals surface area contributed by atoms with Gasteiger partial charge >= 0.3 is 5.97 Å². The van der Waals surface area contributed by atoms with Crippen molar-refractivity contribution >= 4 is 5.97 Å². The first-order chi connectivity index (χ1) is 8.08. The number of rotatable bonds is 7. The van der Waals surface area contributed by atoms with Crippen LogP contribution in [0.4, 0.5) is 0 Å². The fourth-order valence-electron chi connectivity index (χ4n) is 1.37. The van der Waals surface area contributed by atoms with E-state index in [-0.39, 0.29) is 6.61 Å². The minimum Gasteiger partial charge on any atom is -0.479 e. The SMILES string of the molecule is COCC(C)(OCCc1ccccn1)C(=O)O. The van der Waals surface area contributed by atoms with Crippen LogP contribution in [0.2, 0.25) is 0 Å². The van der Waals surface area contributed by atoms with Gasteiger partial charge in [-0.1, -0.05) is 6.07 Å². The van der Waals surface area contributed by atoms with Crippen LogP contribution in [0.5, 0.6) is 0 Å². The number of carboxylic acids is 1. The van der Waals surface area contributed by atoms with Crippen LogP contribution in [0, 0.1) is 0 Å². The van der Waals surface area contributed by atoms with E-state index in [4.69, 9.17) is 14.6 Å². The quantitative estimate of drug-likeness (QED) is 0.772. The molecule has 0 amide bonds. The molecule has 0 bridgehead atoms. The Kier molecular flexibility index (Phi) is 5.06. The minimum absolute atomic E-state index is 0.0184. The van der Waals surface area contributed by atoms with Gasteiger partial charge in [0.15, 0.2) is 5.60 Å². The third kappa shape index (κ3) is 4.13. The topological polar surface area (TPSA) is 68.7 Å². The number of carbonyl (C=O) groups is 1. The molecule has 1 N–H and O–H groups in total. The maximum atomic E-state index is 11.0. The Hall–Kier alpha value is -1.46. The number of aliphatic carboxylic acids is 1. The van der Waals surface area contributed by atoms with E-state index in [1.807, 2.05) is 18.2 Å². The normalized spacial score (nSPS) is 14.2. The van der Waals surface area contributed by atoms with Crippen LogP contribution in [-0.4, -0.2) is 42.0 Å². The largest absolute Gasteiger partial charge is 0.479 e. The molecule has 0 aliphatic heterocycles. The molecule has 0 aliphatic carbocycles. The number of methoxy groups -OCH3 is 1. The van der Waals surface area contributed by atoms with Gasteiger partial charge in [-0.15, -0.1) is 0 Å². The third-order valence-electron chi connectivity index (χ3n) is 2.38. The summed E-state index contributed by atoms with van der Waals surface area (Å²) < 4.78 is 10.2. The average Bonchev–Trinajstić information content (AvgIpc) is 2.30. The second kappa shape index (κ2) is 6.32. The number of hydrogen-bond acceptors (Lipinski definition) is 4. The predicted octanol–water partition coefficient (Wildman–Crippen LogP) is 1.13. The fraction of sp³-hybridized carbons (Fsp3) is 0.500. The molecular formula is C12H17NO4. The molecular weight excluding hydrogens is 222 g/mol. The van der Waals surface area contributed by atoms with E-state index in [0.717, 1.165) is 5.69 Å². The molecule has 17 heavy (non-hydrogen) atoms. The van der Waals surface area contributed by atoms with Gasteiger partial charge in [-0.2, -0.15) is 0 Å². The van der Waals surface area contributed by atoms with Crippen LogP contribution >= 0.6 is 0 Å². The van der Waals surface area contributed by atoms with Gasteiger partial charge in [-0.05, 0) is 19.1 Å². The molecule has 1 unspecified atom stereocenters. The fourth-order valence-corrected chi connectivity index (χ4v) is 1.37. The van der Waals surface area contributed by atoms with Crippen molar-refractivity contribution in [3.8, 4) is 0 Å². The van der Waals surface area contributed by atoms with Crippen molar-refractivity contribution < 1.29 is 19.4 Å². The average molecular weight is 239 g/mol. The second-order valence-electron chi connectivity index (χ2n) is 3.89. The summed E-state index contributed by atoms with van der Waals surface area (Å²) in [6.45, 7) is 1.81. The lowest BCUT2D eigenvalue weighted by Gasteiger charge is -2.24. The Morgan fingerprint density at radius 2 is 2.29 bits per heavy atom. The van der Waals surface area contributed by atoms with Gasteiger partial charge in [0.1, 0.15) is 0 Å². The van der Waals surface area contributed by atoms with E-state index in [2.05, 4.69) is 4.98 Å². The van der Waals surface area contributed by atoms with Crippen LogP contribution in [-0.2, 0) is 20.7 Å². The highest BCUT2D eigenvalue weighted by Crippen LogP contribution is 2.12. The van der Waals surface area contributed by atoms with E-state index in [1.165, 1.54) is 14.0 Å². The zero-order chi connectivity index (χ0) is 12.7. The van der Waals surface area contributed by atoms with Crippen LogP contribution in [0.1, 0.15) is 12.6 Å². The first-order valence-electron chi connectivity index (χ1n) is 5.35. The van der Waals surface area contributed by atoms with E-state index < -0.39 is 11.6 Å². The summed E-state index contributed by atoms with van der Waals surface area (Å²) in [5.74, 6) is -1.03. The monoisotopic (exact) mass is 239 g/mol. The predicted molar refractivity (Wildman–Crippen MR) is 61.8 cm³/mol. The molecule has 1 atom stereocenters. The van der Waals surface area contributed by atoms with Crippen molar-refractivity contribution in [2.45, 2.75) is 18.9 Å². The lowest BCUT2D eigenvalue weighted by atomic mass is 10.1. The summed E-state index contributed by atoms with van der Waals surface area (Å²) in [6.07, 6.45) is 2.27. The Labute approximate surface area is 100 Å². The van der Waals surface area contributed by atoms with Crippen molar-refractivity contribution in [1.82, 2.24) is 4.98 Å². The smallest absolute Gasteiger partial charge is 0.338 e. The number of hydrogen-bond donors (Lipinski definition) is 1. The summed E-state index contributed by atoms with van der Waals surface area (Å²) in [7, 11) is 1.45. The maximum absolute atomic E-state index is 11.0. The number of pyridine rings is 1. The molecule has 1 aromatic heterocycles. The standard InChI is InChI=1S/C12H17NO4/c1-12(9-16-2,11(14)15)17-8-6-10-5-3-4-7-13-10/h3-5,7H,6,8-9H2,1-2H3,(H,14,15). The van der Waals surface area contributed by atoms with Crippen LogP contribution in [0.15, 0.2) is 24.4 Å². The zero-order valence-electron chi connectivity index (χ0n) is 10.0. The molecule has 0 aliphatic rings. The number of aromatic nitrogens is 1. The molecule has 1 rings (SSSR count). The molecule has 0 spiro atoms. The Bertz CT molecular complexity index is 355. The van der Waals surface area contributed by atoms with Gasteiger partial charge in [-0.3, -0.25) is 4.98 Å². The molecule has 0 saturated carbocycles. The van der Waals surface area contributed by atoms with Gasteiger partial charge in [0.05, 0.1) is 13.2 Å². The second-order valence-corrected chi connectivity index (χ2v) is 3.89. The number of nitrogens with zero attached hydrogens (tertiary/aromatic N) is 1. The van der Waals surface area contributed by atoms with Gasteiger partial charge < -0.3 is 14.6 Å². The molecule has 0 saturated heterocycles.